The summed E-state index contributed by atoms with van der Waals surface area (Å²) in [6, 6.07) is 17.8. The summed E-state index contributed by atoms with van der Waals surface area (Å²) in [5.41, 5.74) is 5.19. The minimum absolute atomic E-state index is 0.145. The van der Waals surface area contributed by atoms with E-state index < -0.39 is 5.97 Å². The largest absolute Gasteiger partial charge is 0.478 e. The van der Waals surface area contributed by atoms with E-state index in [1.807, 2.05) is 36.1 Å². The van der Waals surface area contributed by atoms with Gasteiger partial charge < -0.3 is 19.1 Å². The van der Waals surface area contributed by atoms with Gasteiger partial charge in [-0.1, -0.05) is 18.2 Å². The molecule has 2 saturated heterocycles. The van der Waals surface area contributed by atoms with E-state index in [2.05, 4.69) is 45.8 Å². The van der Waals surface area contributed by atoms with Crippen molar-refractivity contribution in [3.63, 3.8) is 0 Å². The smallest absolute Gasteiger partial charge is 0.335 e. The Morgan fingerprint density at radius 3 is 2.77 bits per heavy atom. The minimum atomic E-state index is -0.930. The van der Waals surface area contributed by atoms with Crippen LogP contribution in [0.5, 0.6) is 5.88 Å². The van der Waals surface area contributed by atoms with Crippen molar-refractivity contribution in [3.05, 3.63) is 83.4 Å². The maximum atomic E-state index is 11.6. The third-order valence-corrected chi connectivity index (χ3v) is 8.98. The van der Waals surface area contributed by atoms with Gasteiger partial charge in [0.25, 0.3) is 0 Å². The van der Waals surface area contributed by atoms with Crippen LogP contribution in [0.4, 0.5) is 0 Å². The number of rotatable bonds is 9. The number of aromatic nitrogens is 5. The number of hydrogen-bond donors (Lipinski definition) is 1. The number of carboxylic acids is 1. The molecule has 3 aromatic heterocycles. The Morgan fingerprint density at radius 2 is 1.98 bits per heavy atom. The summed E-state index contributed by atoms with van der Waals surface area (Å²) in [5, 5.41) is 15.0. The highest BCUT2D eigenvalue weighted by atomic mass is 16.5. The number of fused-ring (bicyclic) bond motifs is 2. The van der Waals surface area contributed by atoms with Gasteiger partial charge >= 0.3 is 5.97 Å². The van der Waals surface area contributed by atoms with Crippen LogP contribution in [0, 0.1) is 0 Å². The van der Waals surface area contributed by atoms with Crippen molar-refractivity contribution in [3.8, 4) is 5.88 Å². The van der Waals surface area contributed by atoms with E-state index in [1.54, 1.807) is 12.1 Å². The molecule has 10 nitrogen and oxygen atoms in total. The van der Waals surface area contributed by atoms with Crippen molar-refractivity contribution in [2.75, 3.05) is 13.2 Å². The molecule has 222 valence electrons. The standard InChI is InChI=1S/C33H36N6O4/c1-21-14-23(27-4-3-5-32(36-27)43-20-22-6-7-25-17-34-37(2)29(25)15-22)10-12-38(21)19-31-35-28-9-8-24(33(40)41)16-30(28)39(31)18-26-11-13-42-26/h3-9,15-17,21,23,26H,10-14,18-20H2,1-2H3,(H,40,41)/t21-,23?,26-/m0/s1. The molecule has 2 aliphatic heterocycles. The van der Waals surface area contributed by atoms with Crippen molar-refractivity contribution in [1.29, 1.82) is 0 Å². The van der Waals surface area contributed by atoms with Gasteiger partial charge in [0.05, 0.1) is 47.5 Å². The molecule has 2 aliphatic rings. The van der Waals surface area contributed by atoms with Crippen LogP contribution in [0.3, 0.4) is 0 Å². The maximum absolute atomic E-state index is 11.6. The Hall–Kier alpha value is -4.28. The zero-order valence-electron chi connectivity index (χ0n) is 24.5. The van der Waals surface area contributed by atoms with Crippen molar-refractivity contribution < 1.29 is 19.4 Å². The Labute approximate surface area is 249 Å². The van der Waals surface area contributed by atoms with Gasteiger partial charge in [0.1, 0.15) is 12.4 Å². The monoisotopic (exact) mass is 580 g/mol. The minimum Gasteiger partial charge on any atom is -0.478 e. The number of aryl methyl sites for hydroxylation is 1. The van der Waals surface area contributed by atoms with Crippen molar-refractivity contribution in [1.82, 2.24) is 29.2 Å². The number of likely N-dealkylation sites (tertiary alicyclic amines) is 1. The predicted octanol–water partition coefficient (Wildman–Crippen LogP) is 5.15. The first-order valence-electron chi connectivity index (χ1n) is 15.0. The molecule has 7 rings (SSSR count). The van der Waals surface area contributed by atoms with Gasteiger partial charge in [-0.15, -0.1) is 0 Å². The van der Waals surface area contributed by atoms with E-state index in [0.29, 0.717) is 37.5 Å². The molecule has 0 radical (unpaired) electrons. The van der Waals surface area contributed by atoms with Crippen LogP contribution >= 0.6 is 0 Å². The highest BCUT2D eigenvalue weighted by Gasteiger charge is 2.30. The summed E-state index contributed by atoms with van der Waals surface area (Å²) in [5.74, 6) is 1.02. The fraction of sp³-hybridized carbons (Fsp3) is 0.394. The summed E-state index contributed by atoms with van der Waals surface area (Å²) in [6.45, 7) is 5.81. The predicted molar refractivity (Wildman–Crippen MR) is 162 cm³/mol. The quantitative estimate of drug-likeness (QED) is 0.255. The second-order valence-corrected chi connectivity index (χ2v) is 11.8. The van der Waals surface area contributed by atoms with Crippen LogP contribution in [0.1, 0.15) is 59.5 Å². The van der Waals surface area contributed by atoms with Crippen molar-refractivity contribution in [2.45, 2.75) is 63.9 Å². The first kappa shape index (κ1) is 27.5. The molecule has 0 spiro atoms. The van der Waals surface area contributed by atoms with Crippen molar-refractivity contribution in [2.24, 2.45) is 7.05 Å². The molecule has 2 fully saturated rings. The number of carbonyl (C=O) groups is 1. The fourth-order valence-corrected chi connectivity index (χ4v) is 6.34. The summed E-state index contributed by atoms with van der Waals surface area (Å²) < 4.78 is 15.9. The number of benzene rings is 2. The number of piperidine rings is 1. The highest BCUT2D eigenvalue weighted by Crippen LogP contribution is 2.33. The molecule has 0 aliphatic carbocycles. The molecule has 43 heavy (non-hydrogen) atoms. The third kappa shape index (κ3) is 5.60. The van der Waals surface area contributed by atoms with Gasteiger partial charge in [-0.25, -0.2) is 14.8 Å². The SMILES string of the molecule is C[C@H]1CC(c2cccc(OCc3ccc4cnn(C)c4c3)n2)CCN1Cc1nc2ccc(C(=O)O)cc2n1C[C@@H]1CCO1. The first-order valence-corrected chi connectivity index (χ1v) is 15.0. The number of carboxylic acid groups (broad SMARTS) is 1. The van der Waals surface area contributed by atoms with Gasteiger partial charge in [0, 0.05) is 42.8 Å². The summed E-state index contributed by atoms with van der Waals surface area (Å²) in [4.78, 5) is 24.0. The highest BCUT2D eigenvalue weighted by molar-refractivity contribution is 5.92. The summed E-state index contributed by atoms with van der Waals surface area (Å²) in [7, 11) is 1.95. The molecule has 5 aromatic rings. The molecule has 0 amide bonds. The van der Waals surface area contributed by atoms with Crippen LogP contribution in [-0.2, 0) is 31.5 Å². The molecular weight excluding hydrogens is 544 g/mol. The van der Waals surface area contributed by atoms with E-state index in [9.17, 15) is 9.90 Å². The molecule has 3 atom stereocenters. The van der Waals surface area contributed by atoms with E-state index in [1.165, 1.54) is 0 Å². The number of imidazole rings is 1. The second-order valence-electron chi connectivity index (χ2n) is 11.8. The van der Waals surface area contributed by atoms with Gasteiger partial charge in [-0.05, 0) is 68.6 Å². The van der Waals surface area contributed by atoms with Gasteiger partial charge in [0.15, 0.2) is 0 Å². The van der Waals surface area contributed by atoms with Crippen LogP contribution in [0.25, 0.3) is 21.9 Å². The molecule has 5 heterocycles. The van der Waals surface area contributed by atoms with Gasteiger partial charge in [-0.3, -0.25) is 9.58 Å². The molecule has 1 unspecified atom stereocenters. The Bertz CT molecular complexity index is 1790. The summed E-state index contributed by atoms with van der Waals surface area (Å²) in [6.07, 6.45) is 5.01. The van der Waals surface area contributed by atoms with Crippen LogP contribution in [-0.4, -0.2) is 65.6 Å². The summed E-state index contributed by atoms with van der Waals surface area (Å²) >= 11 is 0. The van der Waals surface area contributed by atoms with Gasteiger partial charge in [0.2, 0.25) is 5.88 Å². The first-order chi connectivity index (χ1) is 20.9. The zero-order chi connectivity index (χ0) is 29.5. The lowest BCUT2D eigenvalue weighted by Crippen LogP contribution is -2.40. The van der Waals surface area contributed by atoms with Crippen LogP contribution < -0.4 is 4.74 Å². The lowest BCUT2D eigenvalue weighted by molar-refractivity contribution is -0.0592. The fourth-order valence-electron chi connectivity index (χ4n) is 6.34. The lowest BCUT2D eigenvalue weighted by Gasteiger charge is -2.37. The number of ether oxygens (including phenoxy) is 2. The molecular formula is C33H36N6O4. The molecule has 2 aromatic carbocycles. The molecule has 10 heteroatoms. The van der Waals surface area contributed by atoms with E-state index in [0.717, 1.165) is 71.4 Å². The van der Waals surface area contributed by atoms with Gasteiger partial charge in [-0.2, -0.15) is 5.10 Å². The average molecular weight is 581 g/mol. The third-order valence-electron chi connectivity index (χ3n) is 8.98. The topological polar surface area (TPSA) is 108 Å². The molecule has 0 bridgehead atoms. The van der Waals surface area contributed by atoms with Crippen molar-refractivity contribution >= 4 is 27.9 Å². The second kappa shape index (κ2) is 11.4. The number of hydrogen-bond acceptors (Lipinski definition) is 7. The van der Waals surface area contributed by atoms with Crippen LogP contribution in [0.15, 0.2) is 60.8 Å². The number of nitrogens with zero attached hydrogens (tertiary/aromatic N) is 6. The maximum Gasteiger partial charge on any atom is 0.335 e. The zero-order valence-corrected chi connectivity index (χ0v) is 24.5. The number of pyridine rings is 1. The number of aromatic carboxylic acids is 1. The van der Waals surface area contributed by atoms with Crippen LogP contribution in [0.2, 0.25) is 0 Å². The Morgan fingerprint density at radius 1 is 1.09 bits per heavy atom. The Balaban J connectivity index is 1.03. The lowest BCUT2D eigenvalue weighted by atomic mass is 9.88. The average Bonchev–Trinajstić information content (AvgIpc) is 3.53. The normalized spacial score (nSPS) is 20.8. The Kier molecular flexibility index (Phi) is 7.32. The molecule has 0 saturated carbocycles. The molecule has 1 N–H and O–H groups in total. The van der Waals surface area contributed by atoms with E-state index in [-0.39, 0.29) is 11.7 Å². The van der Waals surface area contributed by atoms with E-state index >= 15 is 0 Å². The van der Waals surface area contributed by atoms with E-state index in [4.69, 9.17) is 19.4 Å².